The van der Waals surface area contributed by atoms with Gasteiger partial charge in [-0.15, -0.1) is 0 Å². The zero-order valence-corrected chi connectivity index (χ0v) is 11.4. The van der Waals surface area contributed by atoms with Gasteiger partial charge in [0.1, 0.15) is 5.75 Å². The Bertz CT molecular complexity index is 650. The Hall–Kier alpha value is -2.50. The van der Waals surface area contributed by atoms with E-state index >= 15 is 0 Å². The number of hydrogen-bond acceptors (Lipinski definition) is 4. The third-order valence-electron chi connectivity index (χ3n) is 3.30. The van der Waals surface area contributed by atoms with Gasteiger partial charge in [-0.1, -0.05) is 0 Å². The number of nitrogens with one attached hydrogen (secondary N) is 2. The van der Waals surface area contributed by atoms with E-state index in [1.165, 1.54) is 0 Å². The molecular formula is C14H16N4O2. The van der Waals surface area contributed by atoms with Gasteiger partial charge in [0.05, 0.1) is 24.3 Å². The van der Waals surface area contributed by atoms with Crippen LogP contribution < -0.4 is 15.4 Å². The Balaban J connectivity index is 1.74. The number of hydrogen-bond donors (Lipinski definition) is 2. The van der Waals surface area contributed by atoms with Crippen LogP contribution in [0.15, 0.2) is 30.7 Å². The van der Waals surface area contributed by atoms with E-state index in [2.05, 4.69) is 15.6 Å². The van der Waals surface area contributed by atoms with Crippen LogP contribution in [0.25, 0.3) is 0 Å². The van der Waals surface area contributed by atoms with Crippen LogP contribution in [0, 0.1) is 0 Å². The van der Waals surface area contributed by atoms with E-state index in [0.717, 1.165) is 11.4 Å². The maximum atomic E-state index is 11.6. The molecule has 1 aromatic heterocycles. The van der Waals surface area contributed by atoms with Gasteiger partial charge in [0.25, 0.3) is 5.91 Å². The quantitative estimate of drug-likeness (QED) is 0.893. The Labute approximate surface area is 116 Å². The van der Waals surface area contributed by atoms with Crippen LogP contribution in [0.5, 0.6) is 5.75 Å². The maximum Gasteiger partial charge on any atom is 0.265 e. The molecule has 0 aliphatic carbocycles. The molecule has 1 unspecified atom stereocenters. The first-order valence-corrected chi connectivity index (χ1v) is 6.44. The average molecular weight is 272 g/mol. The van der Waals surface area contributed by atoms with Crippen LogP contribution in [0.3, 0.4) is 0 Å². The van der Waals surface area contributed by atoms with Gasteiger partial charge in [0.2, 0.25) is 0 Å². The molecule has 1 aliphatic rings. The van der Waals surface area contributed by atoms with Crippen LogP contribution in [0.2, 0.25) is 0 Å². The summed E-state index contributed by atoms with van der Waals surface area (Å²) in [5.41, 5.74) is 2.70. The van der Waals surface area contributed by atoms with Crippen molar-refractivity contribution in [3.05, 3.63) is 36.4 Å². The van der Waals surface area contributed by atoms with Gasteiger partial charge in [-0.25, -0.2) is 4.98 Å². The fourth-order valence-electron chi connectivity index (χ4n) is 2.07. The second-order valence-electron chi connectivity index (χ2n) is 4.81. The van der Waals surface area contributed by atoms with Crippen LogP contribution in [0.4, 0.5) is 11.4 Å². The number of benzene rings is 1. The van der Waals surface area contributed by atoms with Crippen molar-refractivity contribution >= 4 is 17.3 Å². The number of ether oxygens (including phenoxy) is 1. The van der Waals surface area contributed by atoms with E-state index < -0.39 is 6.10 Å². The lowest BCUT2D eigenvalue weighted by Crippen LogP contribution is -2.34. The lowest BCUT2D eigenvalue weighted by molar-refractivity contribution is -0.122. The van der Waals surface area contributed by atoms with Crippen molar-refractivity contribution in [2.45, 2.75) is 19.6 Å². The Morgan fingerprint density at radius 2 is 2.35 bits per heavy atom. The number of carbonyl (C=O) groups excluding carboxylic acids is 1. The minimum atomic E-state index is -0.448. The Kier molecular flexibility index (Phi) is 3.06. The van der Waals surface area contributed by atoms with Crippen molar-refractivity contribution in [1.29, 1.82) is 0 Å². The summed E-state index contributed by atoms with van der Waals surface area (Å²) in [5, 5.41) is 6.13. The van der Waals surface area contributed by atoms with Crippen molar-refractivity contribution in [3.8, 4) is 5.75 Å². The van der Waals surface area contributed by atoms with Gasteiger partial charge in [0, 0.05) is 18.9 Å². The Morgan fingerprint density at radius 1 is 1.50 bits per heavy atom. The van der Waals surface area contributed by atoms with E-state index in [4.69, 9.17) is 4.74 Å². The summed E-state index contributed by atoms with van der Waals surface area (Å²) in [6, 6.07) is 5.66. The molecule has 3 rings (SSSR count). The number of fused-ring (bicyclic) bond motifs is 1. The molecule has 0 radical (unpaired) electrons. The van der Waals surface area contributed by atoms with Gasteiger partial charge >= 0.3 is 0 Å². The molecule has 0 bridgehead atoms. The van der Waals surface area contributed by atoms with Gasteiger partial charge in [0.15, 0.2) is 6.10 Å². The van der Waals surface area contributed by atoms with Gasteiger partial charge in [-0.3, -0.25) is 4.79 Å². The molecule has 1 amide bonds. The summed E-state index contributed by atoms with van der Waals surface area (Å²) in [7, 11) is 1.95. The highest BCUT2D eigenvalue weighted by molar-refractivity contribution is 5.98. The molecule has 2 heterocycles. The summed E-state index contributed by atoms with van der Waals surface area (Å²) in [6.07, 6.45) is 3.13. The molecule has 0 saturated heterocycles. The summed E-state index contributed by atoms with van der Waals surface area (Å²) >= 11 is 0. The highest BCUT2D eigenvalue weighted by Gasteiger charge is 2.23. The summed E-state index contributed by atoms with van der Waals surface area (Å²) in [5.74, 6) is 0.574. The smallest absolute Gasteiger partial charge is 0.265 e. The van der Waals surface area contributed by atoms with E-state index in [9.17, 15) is 4.79 Å². The molecule has 2 aromatic rings. The first-order chi connectivity index (χ1) is 9.63. The largest absolute Gasteiger partial charge is 0.479 e. The van der Waals surface area contributed by atoms with Gasteiger partial charge in [-0.05, 0) is 25.1 Å². The minimum absolute atomic E-state index is 0.124. The zero-order valence-electron chi connectivity index (χ0n) is 11.4. The number of imidazole rings is 1. The van der Waals surface area contributed by atoms with E-state index in [0.29, 0.717) is 18.0 Å². The molecule has 1 atom stereocenters. The highest BCUT2D eigenvalue weighted by Crippen LogP contribution is 2.32. The van der Waals surface area contributed by atoms with Crippen molar-refractivity contribution in [2.75, 3.05) is 10.6 Å². The number of aromatic nitrogens is 2. The molecule has 1 aromatic carbocycles. The SMILES string of the molecule is CC1Oc2ccc(NCc3cncn3C)cc2NC1=O. The molecular weight excluding hydrogens is 256 g/mol. The topological polar surface area (TPSA) is 68.2 Å². The van der Waals surface area contributed by atoms with Crippen molar-refractivity contribution in [3.63, 3.8) is 0 Å². The summed E-state index contributed by atoms with van der Waals surface area (Å²) in [4.78, 5) is 15.7. The molecule has 0 fully saturated rings. The average Bonchev–Trinajstić information content (AvgIpc) is 2.83. The molecule has 6 heteroatoms. The predicted octanol–water partition coefficient (Wildman–Crippen LogP) is 1.75. The molecule has 0 saturated carbocycles. The van der Waals surface area contributed by atoms with Crippen LogP contribution in [0.1, 0.15) is 12.6 Å². The van der Waals surface area contributed by atoms with E-state index in [1.54, 1.807) is 13.3 Å². The predicted molar refractivity (Wildman–Crippen MR) is 75.7 cm³/mol. The second kappa shape index (κ2) is 4.88. The third kappa shape index (κ3) is 2.32. The summed E-state index contributed by atoms with van der Waals surface area (Å²) < 4.78 is 7.47. The van der Waals surface area contributed by atoms with Gasteiger partial charge < -0.3 is 19.9 Å². The minimum Gasteiger partial charge on any atom is -0.479 e. The normalized spacial score (nSPS) is 17.1. The summed E-state index contributed by atoms with van der Waals surface area (Å²) in [6.45, 7) is 2.40. The van der Waals surface area contributed by atoms with Crippen molar-refractivity contribution in [1.82, 2.24) is 9.55 Å². The molecule has 20 heavy (non-hydrogen) atoms. The van der Waals surface area contributed by atoms with Gasteiger partial charge in [-0.2, -0.15) is 0 Å². The molecule has 2 N–H and O–H groups in total. The van der Waals surface area contributed by atoms with Crippen LogP contribution >= 0.6 is 0 Å². The number of amides is 1. The first kappa shape index (κ1) is 12.5. The van der Waals surface area contributed by atoms with Crippen molar-refractivity contribution < 1.29 is 9.53 Å². The fourth-order valence-corrected chi connectivity index (χ4v) is 2.07. The van der Waals surface area contributed by atoms with E-state index in [-0.39, 0.29) is 5.91 Å². The maximum absolute atomic E-state index is 11.6. The van der Waals surface area contributed by atoms with Crippen molar-refractivity contribution in [2.24, 2.45) is 7.05 Å². The third-order valence-corrected chi connectivity index (χ3v) is 3.30. The number of anilines is 2. The molecule has 0 spiro atoms. The monoisotopic (exact) mass is 272 g/mol. The number of nitrogens with zero attached hydrogens (tertiary/aromatic N) is 2. The first-order valence-electron chi connectivity index (χ1n) is 6.44. The molecule has 1 aliphatic heterocycles. The molecule has 6 nitrogen and oxygen atoms in total. The number of carbonyl (C=O) groups is 1. The Morgan fingerprint density at radius 3 is 3.10 bits per heavy atom. The van der Waals surface area contributed by atoms with Crippen LogP contribution in [-0.2, 0) is 18.4 Å². The fraction of sp³-hybridized carbons (Fsp3) is 0.286. The second-order valence-corrected chi connectivity index (χ2v) is 4.81. The molecule has 104 valence electrons. The highest BCUT2D eigenvalue weighted by atomic mass is 16.5. The number of aryl methyl sites for hydroxylation is 1. The lowest BCUT2D eigenvalue weighted by atomic mass is 10.2. The lowest BCUT2D eigenvalue weighted by Gasteiger charge is -2.23. The number of rotatable bonds is 3. The standard InChI is InChI=1S/C14H16N4O2/c1-9-14(19)17-12-5-10(3-4-13(12)20-9)16-7-11-6-15-8-18(11)2/h3-6,8-9,16H,7H2,1-2H3,(H,17,19). The van der Waals surface area contributed by atoms with Crippen LogP contribution in [-0.4, -0.2) is 21.6 Å². The van der Waals surface area contributed by atoms with E-state index in [1.807, 2.05) is 36.0 Å². The zero-order chi connectivity index (χ0) is 14.1.